The van der Waals surface area contributed by atoms with Crippen LogP contribution in [0.5, 0.6) is 0 Å². The summed E-state index contributed by atoms with van der Waals surface area (Å²) in [5.74, 6) is -0.738. The Morgan fingerprint density at radius 1 is 1.29 bits per heavy atom. The van der Waals surface area contributed by atoms with Gasteiger partial charge in [0.1, 0.15) is 11.9 Å². The third-order valence-electron chi connectivity index (χ3n) is 5.99. The third-order valence-corrected chi connectivity index (χ3v) is 5.99. The number of aryl methyl sites for hydroxylation is 1. The van der Waals surface area contributed by atoms with Gasteiger partial charge in [0.25, 0.3) is 0 Å². The van der Waals surface area contributed by atoms with Crippen molar-refractivity contribution in [2.45, 2.75) is 44.8 Å². The Hall–Kier alpha value is -3.19. The molecule has 0 spiro atoms. The molecule has 2 aromatic carbocycles. The van der Waals surface area contributed by atoms with Crippen LogP contribution in [0.2, 0.25) is 0 Å². The van der Waals surface area contributed by atoms with E-state index < -0.39 is 12.1 Å². The summed E-state index contributed by atoms with van der Waals surface area (Å²) in [4.78, 5) is 30.7. The molecule has 2 heterocycles. The Morgan fingerprint density at radius 2 is 2.06 bits per heavy atom. The minimum absolute atomic E-state index is 0.0381. The van der Waals surface area contributed by atoms with Gasteiger partial charge in [-0.05, 0) is 36.6 Å². The fraction of sp³-hybridized carbons (Fsp3) is 0.333. The number of carbonyl (C=O) groups is 2. The van der Waals surface area contributed by atoms with Crippen LogP contribution < -0.4 is 11.1 Å². The second-order valence-electron chi connectivity index (χ2n) is 8.25. The van der Waals surface area contributed by atoms with Gasteiger partial charge in [0.05, 0.1) is 6.54 Å². The lowest BCUT2D eigenvalue weighted by Gasteiger charge is -2.35. The zero-order chi connectivity index (χ0) is 22.1. The molecular formula is C24H27FN4O2. The van der Waals surface area contributed by atoms with Gasteiger partial charge in [-0.3, -0.25) is 9.59 Å². The number of carbonyl (C=O) groups excluding carboxylic acids is 2. The van der Waals surface area contributed by atoms with Crippen molar-refractivity contribution >= 4 is 22.7 Å². The molecule has 0 saturated heterocycles. The first-order chi connectivity index (χ1) is 14.9. The summed E-state index contributed by atoms with van der Waals surface area (Å²) in [5.41, 5.74) is 10.7. The van der Waals surface area contributed by atoms with Crippen LogP contribution in [0, 0.1) is 12.7 Å². The van der Waals surface area contributed by atoms with Gasteiger partial charge in [0.2, 0.25) is 11.8 Å². The van der Waals surface area contributed by atoms with Crippen molar-refractivity contribution in [3.8, 4) is 0 Å². The highest BCUT2D eigenvalue weighted by atomic mass is 19.1. The number of aromatic amines is 1. The summed E-state index contributed by atoms with van der Waals surface area (Å²) < 4.78 is 14.1. The van der Waals surface area contributed by atoms with E-state index in [-0.39, 0.29) is 30.5 Å². The highest BCUT2D eigenvalue weighted by Crippen LogP contribution is 2.31. The maximum Gasteiger partial charge on any atom is 0.242 e. The Morgan fingerprint density at radius 3 is 2.84 bits per heavy atom. The number of hydrogen-bond acceptors (Lipinski definition) is 3. The molecule has 0 radical (unpaired) electrons. The molecular weight excluding hydrogens is 395 g/mol. The number of aromatic nitrogens is 1. The van der Waals surface area contributed by atoms with Crippen molar-refractivity contribution < 1.29 is 14.0 Å². The van der Waals surface area contributed by atoms with E-state index in [2.05, 4.69) is 10.3 Å². The first kappa shape index (κ1) is 21.1. The summed E-state index contributed by atoms with van der Waals surface area (Å²) in [6.45, 7) is 2.20. The maximum absolute atomic E-state index is 14.1. The van der Waals surface area contributed by atoms with Gasteiger partial charge in [-0.2, -0.15) is 0 Å². The molecule has 3 aromatic rings. The molecule has 0 saturated carbocycles. The summed E-state index contributed by atoms with van der Waals surface area (Å²) in [6, 6.07) is 11.7. The van der Waals surface area contributed by atoms with Crippen molar-refractivity contribution in [2.75, 3.05) is 7.05 Å². The standard InChI is InChI=1S/C24H27FN4O2/c1-14-7-8-19(25)15(9-14)10-16(26)11-23(30)29-13-21-18(12-22(29)24(31)27-2)17-5-3-4-6-20(17)28-21/h3-9,16,22,28H,10-13,26H2,1-2H3,(H,27,31)/t16-,22-/m1/s1. The Balaban J connectivity index is 1.55. The summed E-state index contributed by atoms with van der Waals surface area (Å²) in [5, 5.41) is 3.75. The van der Waals surface area contributed by atoms with Crippen LogP contribution in [0.3, 0.4) is 0 Å². The number of benzene rings is 2. The van der Waals surface area contributed by atoms with Crippen LogP contribution >= 0.6 is 0 Å². The average molecular weight is 423 g/mol. The minimum atomic E-state index is -0.605. The molecule has 0 aliphatic carbocycles. The van der Waals surface area contributed by atoms with Gasteiger partial charge in [-0.1, -0.05) is 35.9 Å². The number of likely N-dealkylation sites (N-methyl/N-ethyl adjacent to an activating group) is 1. The number of para-hydroxylation sites is 1. The van der Waals surface area contributed by atoms with Gasteiger partial charge in [-0.15, -0.1) is 0 Å². The van der Waals surface area contributed by atoms with Crippen LogP contribution in [-0.2, 0) is 29.0 Å². The fourth-order valence-electron chi connectivity index (χ4n) is 4.43. The zero-order valence-electron chi connectivity index (χ0n) is 17.7. The van der Waals surface area contributed by atoms with Gasteiger partial charge < -0.3 is 20.9 Å². The van der Waals surface area contributed by atoms with E-state index in [1.54, 1.807) is 24.1 Å². The highest BCUT2D eigenvalue weighted by molar-refractivity contribution is 5.91. The van der Waals surface area contributed by atoms with E-state index in [1.165, 1.54) is 6.07 Å². The number of hydrogen-bond donors (Lipinski definition) is 3. The minimum Gasteiger partial charge on any atom is -0.357 e. The number of nitrogens with zero attached hydrogens (tertiary/aromatic N) is 1. The molecule has 4 rings (SSSR count). The number of halogens is 1. The largest absolute Gasteiger partial charge is 0.357 e. The first-order valence-electron chi connectivity index (χ1n) is 10.5. The molecule has 31 heavy (non-hydrogen) atoms. The van der Waals surface area contributed by atoms with E-state index in [0.29, 0.717) is 18.5 Å². The lowest BCUT2D eigenvalue weighted by Crippen LogP contribution is -2.52. The van der Waals surface area contributed by atoms with E-state index in [9.17, 15) is 14.0 Å². The Kier molecular flexibility index (Phi) is 5.78. The SMILES string of the molecule is CNC(=O)[C@H]1Cc2c([nH]c3ccccc23)CN1C(=O)C[C@H](N)Cc1cc(C)ccc1F. The van der Waals surface area contributed by atoms with E-state index in [1.807, 2.05) is 31.2 Å². The second kappa shape index (κ2) is 8.51. The molecule has 162 valence electrons. The fourth-order valence-corrected chi connectivity index (χ4v) is 4.43. The summed E-state index contributed by atoms with van der Waals surface area (Å²) in [7, 11) is 1.57. The van der Waals surface area contributed by atoms with Crippen LogP contribution in [-0.4, -0.2) is 40.8 Å². The van der Waals surface area contributed by atoms with Crippen molar-refractivity contribution in [1.29, 1.82) is 0 Å². The number of nitrogens with one attached hydrogen (secondary N) is 2. The molecule has 1 aromatic heterocycles. The zero-order valence-corrected chi connectivity index (χ0v) is 17.7. The molecule has 0 bridgehead atoms. The number of rotatable bonds is 5. The van der Waals surface area contributed by atoms with Gasteiger partial charge >= 0.3 is 0 Å². The third kappa shape index (κ3) is 4.18. The number of H-pyrrole nitrogens is 1. The number of amides is 2. The molecule has 1 aliphatic rings. The first-order valence-corrected chi connectivity index (χ1v) is 10.5. The van der Waals surface area contributed by atoms with E-state index >= 15 is 0 Å². The van der Waals surface area contributed by atoms with Gasteiger partial charge in [-0.25, -0.2) is 4.39 Å². The van der Waals surface area contributed by atoms with Crippen molar-refractivity contribution in [2.24, 2.45) is 5.73 Å². The maximum atomic E-state index is 14.1. The number of fused-ring (bicyclic) bond motifs is 3. The monoisotopic (exact) mass is 422 g/mol. The molecule has 1 aliphatic heterocycles. The lowest BCUT2D eigenvalue weighted by molar-refractivity contribution is -0.142. The molecule has 2 amide bonds. The van der Waals surface area contributed by atoms with Crippen LogP contribution in [0.1, 0.15) is 28.8 Å². The predicted molar refractivity (Wildman–Crippen MR) is 118 cm³/mol. The highest BCUT2D eigenvalue weighted by Gasteiger charge is 2.36. The van der Waals surface area contributed by atoms with E-state index in [4.69, 9.17) is 5.73 Å². The molecule has 2 atom stereocenters. The Bertz CT molecular complexity index is 1140. The average Bonchev–Trinajstić information content (AvgIpc) is 3.12. The Labute approximate surface area is 180 Å². The molecule has 0 fully saturated rings. The van der Waals surface area contributed by atoms with Crippen LogP contribution in [0.4, 0.5) is 4.39 Å². The van der Waals surface area contributed by atoms with Gasteiger partial charge in [0.15, 0.2) is 0 Å². The molecule has 6 nitrogen and oxygen atoms in total. The second-order valence-corrected chi connectivity index (χ2v) is 8.25. The summed E-state index contributed by atoms with van der Waals surface area (Å²) >= 11 is 0. The lowest BCUT2D eigenvalue weighted by atomic mass is 9.94. The van der Waals surface area contributed by atoms with Crippen LogP contribution in [0.15, 0.2) is 42.5 Å². The molecule has 0 unspecified atom stereocenters. The molecule has 4 N–H and O–H groups in total. The predicted octanol–water partition coefficient (Wildman–Crippen LogP) is 2.57. The van der Waals surface area contributed by atoms with E-state index in [0.717, 1.165) is 27.7 Å². The van der Waals surface area contributed by atoms with Crippen molar-refractivity contribution in [1.82, 2.24) is 15.2 Å². The quantitative estimate of drug-likeness (QED) is 0.590. The summed E-state index contributed by atoms with van der Waals surface area (Å²) in [6.07, 6.45) is 0.734. The molecule has 7 heteroatoms. The van der Waals surface area contributed by atoms with Crippen LogP contribution in [0.25, 0.3) is 10.9 Å². The van der Waals surface area contributed by atoms with Crippen molar-refractivity contribution in [3.05, 3.63) is 70.7 Å². The smallest absolute Gasteiger partial charge is 0.242 e. The van der Waals surface area contributed by atoms with Crippen molar-refractivity contribution in [3.63, 3.8) is 0 Å². The number of nitrogens with two attached hydrogens (primary N) is 1. The topological polar surface area (TPSA) is 91.2 Å². The van der Waals surface area contributed by atoms with Gasteiger partial charge in [0, 0.05) is 42.5 Å². The normalized spacial score (nSPS) is 16.8.